The molecule has 3 atom stereocenters. The molecule has 2 aliphatic carbocycles. The molecule has 0 aromatic heterocycles. The maximum atomic E-state index is 2.41. The fourth-order valence-electron chi connectivity index (χ4n) is 2.50. The van der Waals surface area contributed by atoms with E-state index < -0.39 is 0 Å². The number of rotatable bonds is 2. The first-order valence-electron chi connectivity index (χ1n) is 4.29. The fourth-order valence-corrected chi connectivity index (χ4v) is 2.50. The van der Waals surface area contributed by atoms with Crippen molar-refractivity contribution < 1.29 is 0 Å². The summed E-state index contributed by atoms with van der Waals surface area (Å²) in [5.74, 6) is 2.24. The molecule has 2 saturated carbocycles. The minimum atomic E-state index is 0.927. The van der Waals surface area contributed by atoms with Gasteiger partial charge in [0.05, 0.1) is 0 Å². The van der Waals surface area contributed by atoms with E-state index in [9.17, 15) is 0 Å². The van der Waals surface area contributed by atoms with Crippen LogP contribution in [-0.2, 0) is 0 Å². The molecule has 0 heteroatoms. The van der Waals surface area contributed by atoms with Gasteiger partial charge in [0.15, 0.2) is 0 Å². The third-order valence-corrected chi connectivity index (χ3v) is 3.42. The molecule has 2 fully saturated rings. The van der Waals surface area contributed by atoms with Crippen molar-refractivity contribution in [1.82, 2.24) is 0 Å². The standard InChI is InChI=1S/C9H16/c1-3-4-8-6-9(8)5-7(9)2/h7-8H,3-6H2,1-2H3. The monoisotopic (exact) mass is 124 g/mol. The van der Waals surface area contributed by atoms with E-state index in [1.807, 2.05) is 0 Å². The Morgan fingerprint density at radius 1 is 1.44 bits per heavy atom. The highest BCUT2D eigenvalue weighted by Crippen LogP contribution is 2.75. The van der Waals surface area contributed by atoms with Crippen molar-refractivity contribution >= 4 is 0 Å². The molecule has 3 unspecified atom stereocenters. The van der Waals surface area contributed by atoms with Crippen LogP contribution in [-0.4, -0.2) is 0 Å². The zero-order valence-corrected chi connectivity index (χ0v) is 6.48. The van der Waals surface area contributed by atoms with Crippen LogP contribution < -0.4 is 0 Å². The summed E-state index contributed by atoms with van der Waals surface area (Å²) in [5, 5.41) is 0. The van der Waals surface area contributed by atoms with E-state index in [1.54, 1.807) is 12.8 Å². The molecule has 0 bridgehead atoms. The predicted molar refractivity (Wildman–Crippen MR) is 39.2 cm³/mol. The fraction of sp³-hybridized carbons (Fsp3) is 1.00. The van der Waals surface area contributed by atoms with Crippen molar-refractivity contribution in [3.63, 3.8) is 0 Å². The second-order valence-electron chi connectivity index (χ2n) is 4.03. The summed E-state index contributed by atoms with van der Waals surface area (Å²) in [7, 11) is 0. The van der Waals surface area contributed by atoms with Gasteiger partial charge < -0.3 is 0 Å². The van der Waals surface area contributed by atoms with Gasteiger partial charge in [0.2, 0.25) is 0 Å². The van der Waals surface area contributed by atoms with E-state index in [2.05, 4.69) is 13.8 Å². The third-order valence-electron chi connectivity index (χ3n) is 3.42. The summed E-state index contributed by atoms with van der Waals surface area (Å²) in [4.78, 5) is 0. The van der Waals surface area contributed by atoms with E-state index in [0.717, 1.165) is 17.3 Å². The lowest BCUT2D eigenvalue weighted by Crippen LogP contribution is -1.81. The van der Waals surface area contributed by atoms with Crippen molar-refractivity contribution in [3.8, 4) is 0 Å². The molecule has 2 aliphatic rings. The number of hydrogen-bond acceptors (Lipinski definition) is 0. The molecular formula is C9H16. The van der Waals surface area contributed by atoms with Crippen LogP contribution in [0.3, 0.4) is 0 Å². The van der Waals surface area contributed by atoms with Gasteiger partial charge in [-0.1, -0.05) is 26.7 Å². The lowest BCUT2D eigenvalue weighted by molar-refractivity contribution is 0.601. The zero-order valence-electron chi connectivity index (χ0n) is 6.48. The van der Waals surface area contributed by atoms with Crippen LogP contribution in [0.15, 0.2) is 0 Å². The Hall–Kier alpha value is 0. The minimum absolute atomic E-state index is 0.927. The molecule has 0 saturated heterocycles. The van der Waals surface area contributed by atoms with Gasteiger partial charge in [-0.15, -0.1) is 0 Å². The normalized spacial score (nSPS) is 54.0. The van der Waals surface area contributed by atoms with E-state index >= 15 is 0 Å². The second-order valence-corrected chi connectivity index (χ2v) is 4.03. The van der Waals surface area contributed by atoms with E-state index in [-0.39, 0.29) is 0 Å². The van der Waals surface area contributed by atoms with Crippen LogP contribution in [0, 0.1) is 17.3 Å². The van der Waals surface area contributed by atoms with E-state index in [1.165, 1.54) is 12.8 Å². The average molecular weight is 124 g/mol. The minimum Gasteiger partial charge on any atom is -0.0654 e. The Morgan fingerprint density at radius 2 is 2.11 bits per heavy atom. The summed E-state index contributed by atoms with van der Waals surface area (Å²) in [6.45, 7) is 4.72. The molecule has 0 radical (unpaired) electrons. The summed E-state index contributed by atoms with van der Waals surface area (Å²) < 4.78 is 0. The van der Waals surface area contributed by atoms with Crippen LogP contribution in [0.25, 0.3) is 0 Å². The predicted octanol–water partition coefficient (Wildman–Crippen LogP) is 2.83. The Bertz CT molecular complexity index is 126. The van der Waals surface area contributed by atoms with Gasteiger partial charge in [-0.3, -0.25) is 0 Å². The average Bonchev–Trinajstić information content (AvgIpc) is 2.58. The molecule has 0 nitrogen and oxygen atoms in total. The summed E-state index contributed by atoms with van der Waals surface area (Å²) in [5.41, 5.74) is 0.927. The maximum absolute atomic E-state index is 2.41. The van der Waals surface area contributed by atoms with Gasteiger partial charge in [-0.2, -0.15) is 0 Å². The second kappa shape index (κ2) is 1.53. The van der Waals surface area contributed by atoms with Crippen molar-refractivity contribution in [2.75, 3.05) is 0 Å². The van der Waals surface area contributed by atoms with Gasteiger partial charge in [-0.05, 0) is 30.1 Å². The van der Waals surface area contributed by atoms with Crippen LogP contribution in [0.2, 0.25) is 0 Å². The number of hydrogen-bond donors (Lipinski definition) is 0. The summed E-state index contributed by atoms with van der Waals surface area (Å²) >= 11 is 0. The molecule has 52 valence electrons. The Labute approximate surface area is 57.6 Å². The molecule has 0 heterocycles. The Morgan fingerprint density at radius 3 is 2.44 bits per heavy atom. The van der Waals surface area contributed by atoms with Crippen LogP contribution >= 0.6 is 0 Å². The Balaban J connectivity index is 1.83. The molecule has 0 amide bonds. The molecule has 9 heavy (non-hydrogen) atoms. The quantitative estimate of drug-likeness (QED) is 0.531. The molecule has 1 spiro atoms. The molecule has 0 aliphatic heterocycles. The lowest BCUT2D eigenvalue weighted by Gasteiger charge is -1.90. The topological polar surface area (TPSA) is 0 Å². The first-order valence-corrected chi connectivity index (χ1v) is 4.29. The van der Waals surface area contributed by atoms with E-state index in [0.29, 0.717) is 0 Å². The molecule has 0 aromatic carbocycles. The first-order chi connectivity index (χ1) is 4.29. The summed E-state index contributed by atoms with van der Waals surface area (Å²) in [6, 6.07) is 0. The van der Waals surface area contributed by atoms with Crippen molar-refractivity contribution in [2.45, 2.75) is 39.5 Å². The van der Waals surface area contributed by atoms with Gasteiger partial charge in [0, 0.05) is 0 Å². The van der Waals surface area contributed by atoms with Crippen molar-refractivity contribution in [1.29, 1.82) is 0 Å². The van der Waals surface area contributed by atoms with Gasteiger partial charge in [0.25, 0.3) is 0 Å². The van der Waals surface area contributed by atoms with Crippen molar-refractivity contribution in [3.05, 3.63) is 0 Å². The smallest absolute Gasteiger partial charge is 0.0238 e. The molecule has 0 N–H and O–H groups in total. The molecule has 2 rings (SSSR count). The SMILES string of the molecule is CCCC1CC12CC2C. The zero-order chi connectivity index (χ0) is 6.48. The van der Waals surface area contributed by atoms with Crippen LogP contribution in [0.1, 0.15) is 39.5 Å². The highest BCUT2D eigenvalue weighted by atomic mass is 14.7. The molecular weight excluding hydrogens is 108 g/mol. The highest BCUT2D eigenvalue weighted by Gasteiger charge is 2.67. The highest BCUT2D eigenvalue weighted by molar-refractivity contribution is 5.16. The first kappa shape index (κ1) is 5.76. The third kappa shape index (κ3) is 0.653. The molecule has 0 aromatic rings. The Kier molecular flexibility index (Phi) is 0.980. The lowest BCUT2D eigenvalue weighted by atomic mass is 10.2. The van der Waals surface area contributed by atoms with Crippen molar-refractivity contribution in [2.24, 2.45) is 17.3 Å². The maximum Gasteiger partial charge on any atom is -0.0238 e. The van der Waals surface area contributed by atoms with Crippen LogP contribution in [0.4, 0.5) is 0 Å². The van der Waals surface area contributed by atoms with E-state index in [4.69, 9.17) is 0 Å². The van der Waals surface area contributed by atoms with Gasteiger partial charge in [0.1, 0.15) is 0 Å². The largest absolute Gasteiger partial charge is 0.0654 e. The summed E-state index contributed by atoms with van der Waals surface area (Å²) in [6.07, 6.45) is 6.03. The van der Waals surface area contributed by atoms with Crippen LogP contribution in [0.5, 0.6) is 0 Å². The van der Waals surface area contributed by atoms with Gasteiger partial charge in [-0.25, -0.2) is 0 Å². The van der Waals surface area contributed by atoms with Gasteiger partial charge >= 0.3 is 0 Å².